The van der Waals surface area contributed by atoms with Crippen molar-refractivity contribution >= 4 is 50.2 Å². The minimum absolute atomic E-state index is 0.207. The molecule has 34 heavy (non-hydrogen) atoms. The van der Waals surface area contributed by atoms with Crippen LogP contribution in [0.25, 0.3) is 11.3 Å². The van der Waals surface area contributed by atoms with Gasteiger partial charge in [-0.25, -0.2) is 12.8 Å². The van der Waals surface area contributed by atoms with Crippen molar-refractivity contribution in [2.75, 3.05) is 16.3 Å². The largest absolute Gasteiger partial charge is 0.378 e. The lowest BCUT2D eigenvalue weighted by Gasteiger charge is -2.09. The number of carbonyl (C=O) groups excluding carboxylic acids is 1. The second kappa shape index (κ2) is 9.72. The summed E-state index contributed by atoms with van der Waals surface area (Å²) in [7, 11) is -3.53. The average molecular weight is 522 g/mol. The number of nitrogens with one attached hydrogen (secondary N) is 2. The fraction of sp³-hybridized carbons (Fsp3) is 0.217. The first kappa shape index (κ1) is 25.6. The number of nitrogens with zero attached hydrogens (tertiary/aromatic N) is 1. The van der Waals surface area contributed by atoms with Crippen LogP contribution in [0.3, 0.4) is 0 Å². The Morgan fingerprint density at radius 3 is 2.53 bits per heavy atom. The quantitative estimate of drug-likeness (QED) is 0.423. The van der Waals surface area contributed by atoms with E-state index in [2.05, 4.69) is 26.9 Å². The number of halogens is 2. The van der Waals surface area contributed by atoms with Crippen molar-refractivity contribution < 1.29 is 22.7 Å². The highest BCUT2D eigenvalue weighted by atomic mass is 35.5. The normalized spacial score (nSPS) is 11.5. The molecule has 3 N–H and O–H groups in total. The van der Waals surface area contributed by atoms with Crippen LogP contribution in [0.15, 0.2) is 36.5 Å². The van der Waals surface area contributed by atoms with Gasteiger partial charge in [0.15, 0.2) is 0 Å². The first-order valence-electron chi connectivity index (χ1n) is 9.82. The molecule has 7 nitrogen and oxygen atoms in total. The van der Waals surface area contributed by atoms with Gasteiger partial charge in [-0.3, -0.25) is 14.5 Å². The van der Waals surface area contributed by atoms with Gasteiger partial charge in [-0.15, -0.1) is 11.3 Å². The molecule has 11 heteroatoms. The summed E-state index contributed by atoms with van der Waals surface area (Å²) in [5, 5.41) is 12.8. The Hall–Kier alpha value is -2.97. The van der Waals surface area contributed by atoms with Gasteiger partial charge in [-0.1, -0.05) is 23.4 Å². The number of aryl methyl sites for hydroxylation is 1. The van der Waals surface area contributed by atoms with Gasteiger partial charge in [-0.05, 0) is 51.1 Å². The number of aliphatic hydroxyl groups is 1. The molecule has 0 fully saturated rings. The Bertz CT molecular complexity index is 1430. The predicted molar refractivity (Wildman–Crippen MR) is 133 cm³/mol. The topological polar surface area (TPSA) is 108 Å². The molecule has 0 radical (unpaired) electrons. The molecule has 0 aliphatic carbocycles. The standard InChI is InChI=1S/C23H21ClFN3O4S2/c1-13-19(21-14(5-6-23(2,3)30)7-16(25)12-26-21)11-20(33-13)22(29)27-17-8-15(24)9-18(10-17)28-34(4,31)32/h7-12,28,30H,1-4H3,(H,27,29). The molecule has 1 amide bonds. The highest BCUT2D eigenvalue weighted by Crippen LogP contribution is 2.33. The highest BCUT2D eigenvalue weighted by molar-refractivity contribution is 7.92. The van der Waals surface area contributed by atoms with Gasteiger partial charge in [-0.2, -0.15) is 0 Å². The first-order chi connectivity index (χ1) is 15.7. The Morgan fingerprint density at radius 2 is 1.88 bits per heavy atom. The lowest BCUT2D eigenvalue weighted by Crippen LogP contribution is -2.14. The molecule has 178 valence electrons. The molecule has 0 saturated carbocycles. The zero-order valence-corrected chi connectivity index (χ0v) is 21.0. The molecule has 0 aliphatic heterocycles. The van der Waals surface area contributed by atoms with E-state index in [9.17, 15) is 22.7 Å². The predicted octanol–water partition coefficient (Wildman–Crippen LogP) is 4.66. The highest BCUT2D eigenvalue weighted by Gasteiger charge is 2.18. The second-order valence-corrected chi connectivity index (χ2v) is 11.4. The van der Waals surface area contributed by atoms with Crippen LogP contribution in [0, 0.1) is 24.6 Å². The van der Waals surface area contributed by atoms with E-state index < -0.39 is 27.3 Å². The number of anilines is 2. The van der Waals surface area contributed by atoms with Gasteiger partial charge in [0.25, 0.3) is 5.91 Å². The third kappa shape index (κ3) is 7.01. The summed E-state index contributed by atoms with van der Waals surface area (Å²) in [6.07, 6.45) is 2.06. The first-order valence-corrected chi connectivity index (χ1v) is 12.9. The summed E-state index contributed by atoms with van der Waals surface area (Å²) >= 11 is 7.26. The van der Waals surface area contributed by atoms with E-state index >= 15 is 0 Å². The number of hydrogen-bond acceptors (Lipinski definition) is 6. The monoisotopic (exact) mass is 521 g/mol. The van der Waals surface area contributed by atoms with Crippen molar-refractivity contribution in [2.45, 2.75) is 26.4 Å². The molecule has 0 saturated heterocycles. The minimum Gasteiger partial charge on any atom is -0.378 e. The van der Waals surface area contributed by atoms with Gasteiger partial charge < -0.3 is 10.4 Å². The van der Waals surface area contributed by atoms with Crippen LogP contribution in [0.1, 0.15) is 34.0 Å². The summed E-state index contributed by atoms with van der Waals surface area (Å²) in [6, 6.07) is 7.19. The van der Waals surface area contributed by atoms with Crippen molar-refractivity contribution in [2.24, 2.45) is 0 Å². The van der Waals surface area contributed by atoms with E-state index in [1.807, 2.05) is 0 Å². The molecule has 2 aromatic heterocycles. The van der Waals surface area contributed by atoms with Crippen LogP contribution in [0.4, 0.5) is 15.8 Å². The Labute approximate surface area is 206 Å². The fourth-order valence-electron chi connectivity index (χ4n) is 2.93. The fourth-order valence-corrected chi connectivity index (χ4v) is 4.62. The van der Waals surface area contributed by atoms with Crippen molar-refractivity contribution in [1.82, 2.24) is 4.98 Å². The number of pyridine rings is 1. The van der Waals surface area contributed by atoms with Crippen molar-refractivity contribution in [3.63, 3.8) is 0 Å². The van der Waals surface area contributed by atoms with E-state index in [1.165, 1.54) is 49.4 Å². The average Bonchev–Trinajstić information content (AvgIpc) is 3.05. The molecule has 3 aromatic rings. The van der Waals surface area contributed by atoms with Crippen LogP contribution >= 0.6 is 22.9 Å². The maximum atomic E-state index is 13.8. The third-order valence-corrected chi connectivity index (χ3v) is 6.09. The summed E-state index contributed by atoms with van der Waals surface area (Å²) in [6.45, 7) is 4.82. The molecule has 3 rings (SSSR count). The number of rotatable bonds is 5. The molecule has 0 spiro atoms. The van der Waals surface area contributed by atoms with Gasteiger partial charge in [0, 0.05) is 21.2 Å². The molecular weight excluding hydrogens is 501 g/mol. The molecule has 0 bridgehead atoms. The van der Waals surface area contributed by atoms with E-state index in [1.54, 1.807) is 13.0 Å². The molecule has 2 heterocycles. The Balaban J connectivity index is 1.93. The Morgan fingerprint density at radius 1 is 1.21 bits per heavy atom. The summed E-state index contributed by atoms with van der Waals surface area (Å²) in [4.78, 5) is 18.1. The van der Waals surface area contributed by atoms with Gasteiger partial charge in [0.2, 0.25) is 10.0 Å². The molecule has 0 unspecified atom stereocenters. The van der Waals surface area contributed by atoms with Crippen LogP contribution in [-0.4, -0.2) is 36.3 Å². The van der Waals surface area contributed by atoms with Gasteiger partial charge in [0.1, 0.15) is 11.4 Å². The number of carbonyl (C=O) groups is 1. The van der Waals surface area contributed by atoms with Crippen LogP contribution in [0.5, 0.6) is 0 Å². The van der Waals surface area contributed by atoms with Crippen molar-refractivity contribution in [1.29, 1.82) is 0 Å². The zero-order valence-electron chi connectivity index (χ0n) is 18.7. The number of sulfonamides is 1. The maximum absolute atomic E-state index is 13.8. The number of thiophene rings is 1. The van der Waals surface area contributed by atoms with E-state index in [0.29, 0.717) is 21.8 Å². The number of amides is 1. The lowest BCUT2D eigenvalue weighted by molar-refractivity contribution is 0.103. The summed E-state index contributed by atoms with van der Waals surface area (Å²) in [5.41, 5.74) is 0.488. The second-order valence-electron chi connectivity index (χ2n) is 8.00. The number of benzene rings is 1. The van der Waals surface area contributed by atoms with E-state index in [0.717, 1.165) is 17.3 Å². The van der Waals surface area contributed by atoms with Crippen LogP contribution < -0.4 is 10.0 Å². The molecule has 0 aliphatic rings. The zero-order chi connectivity index (χ0) is 25.3. The maximum Gasteiger partial charge on any atom is 0.265 e. The van der Waals surface area contributed by atoms with Crippen molar-refractivity contribution in [3.8, 4) is 23.1 Å². The smallest absolute Gasteiger partial charge is 0.265 e. The minimum atomic E-state index is -3.53. The third-order valence-electron chi connectivity index (χ3n) is 4.21. The molecule has 1 aromatic carbocycles. The van der Waals surface area contributed by atoms with Crippen molar-refractivity contribution in [3.05, 3.63) is 62.7 Å². The van der Waals surface area contributed by atoms with E-state index in [4.69, 9.17) is 11.6 Å². The molecular formula is C23H21ClFN3O4S2. The summed E-state index contributed by atoms with van der Waals surface area (Å²) in [5.74, 6) is 4.38. The Kier molecular flexibility index (Phi) is 7.33. The van der Waals surface area contributed by atoms with Gasteiger partial charge >= 0.3 is 0 Å². The van der Waals surface area contributed by atoms with E-state index in [-0.39, 0.29) is 16.3 Å². The number of aromatic nitrogens is 1. The molecule has 0 atom stereocenters. The summed E-state index contributed by atoms with van der Waals surface area (Å²) < 4.78 is 39.1. The lowest BCUT2D eigenvalue weighted by atomic mass is 10.0. The van der Waals surface area contributed by atoms with Gasteiger partial charge in [0.05, 0.1) is 34.3 Å². The van der Waals surface area contributed by atoms with Crippen LogP contribution in [0.2, 0.25) is 5.02 Å². The van der Waals surface area contributed by atoms with Crippen LogP contribution in [-0.2, 0) is 10.0 Å². The number of hydrogen-bond donors (Lipinski definition) is 3. The SMILES string of the molecule is Cc1sc(C(=O)Nc2cc(Cl)cc(NS(C)(=O)=O)c2)cc1-c1ncc(F)cc1C#CC(C)(C)O.